The van der Waals surface area contributed by atoms with Crippen LogP contribution in [0.4, 0.5) is 17.1 Å². The lowest BCUT2D eigenvalue weighted by Gasteiger charge is -2.28. The van der Waals surface area contributed by atoms with E-state index in [1.54, 1.807) is 0 Å². The van der Waals surface area contributed by atoms with E-state index in [1.807, 2.05) is 17.4 Å². The summed E-state index contributed by atoms with van der Waals surface area (Å²) in [7, 11) is 0. The first-order valence-electron chi connectivity index (χ1n) is 21.5. The minimum Gasteiger partial charge on any atom is -0.456 e. The Labute approximate surface area is 367 Å². The Kier molecular flexibility index (Phi) is 8.12. The molecule has 2 nitrogen and oxygen atoms in total. The van der Waals surface area contributed by atoms with Gasteiger partial charge in [0.05, 0.1) is 5.69 Å². The Balaban J connectivity index is 1.22. The van der Waals surface area contributed by atoms with E-state index in [9.17, 15) is 0 Å². The van der Waals surface area contributed by atoms with E-state index in [2.05, 4.69) is 223 Å². The number of furan rings is 1. The van der Waals surface area contributed by atoms with E-state index >= 15 is 0 Å². The number of nitrogens with zero attached hydrogens (tertiary/aromatic N) is 1. The van der Waals surface area contributed by atoms with Gasteiger partial charge in [-0.2, -0.15) is 0 Å². The molecule has 13 aromatic rings. The van der Waals surface area contributed by atoms with Gasteiger partial charge in [-0.3, -0.25) is 0 Å². The van der Waals surface area contributed by atoms with Crippen LogP contribution in [0.3, 0.4) is 0 Å². The summed E-state index contributed by atoms with van der Waals surface area (Å²) >= 11 is 1.87. The van der Waals surface area contributed by atoms with Gasteiger partial charge in [-0.05, 0) is 114 Å². The Morgan fingerprint density at radius 3 is 1.46 bits per heavy atom. The number of thiophene rings is 1. The van der Waals surface area contributed by atoms with Crippen molar-refractivity contribution in [3.05, 3.63) is 224 Å². The van der Waals surface area contributed by atoms with E-state index in [1.165, 1.54) is 74.0 Å². The maximum atomic E-state index is 6.57. The summed E-state index contributed by atoms with van der Waals surface area (Å²) in [5, 5.41) is 16.9. The molecule has 294 valence electrons. The van der Waals surface area contributed by atoms with E-state index in [0.29, 0.717) is 0 Å². The summed E-state index contributed by atoms with van der Waals surface area (Å²) < 4.78 is 9.14. The molecule has 0 spiro atoms. The summed E-state index contributed by atoms with van der Waals surface area (Å²) in [5.41, 5.74) is 7.20. The first-order chi connectivity index (χ1) is 31.2. The fraction of sp³-hybridized carbons (Fsp3) is 0. The van der Waals surface area contributed by atoms with Crippen molar-refractivity contribution < 1.29 is 4.42 Å². The average Bonchev–Trinajstić information content (AvgIpc) is 3.91. The highest BCUT2D eigenvalue weighted by molar-refractivity contribution is 7.25. The van der Waals surface area contributed by atoms with Gasteiger partial charge in [-0.15, -0.1) is 11.3 Å². The van der Waals surface area contributed by atoms with Crippen molar-refractivity contribution in [2.24, 2.45) is 0 Å². The van der Waals surface area contributed by atoms with Gasteiger partial charge in [-0.25, -0.2) is 0 Å². The molecule has 2 heterocycles. The SMILES string of the molecule is c1ccc(-c2ccccc2N(c2ccc3c(c2)oc2ccccc23)c2ccc3c4ccccc4c4ccccc4c4ccccc4c4cc5sc6ccccc6c5cc4c3c2)cc1. The molecule has 2 aromatic heterocycles. The number of para-hydroxylation sites is 2. The number of hydrogen-bond donors (Lipinski definition) is 0. The minimum absolute atomic E-state index is 0.858. The lowest BCUT2D eigenvalue weighted by Crippen LogP contribution is -2.11. The van der Waals surface area contributed by atoms with Crippen molar-refractivity contribution in [3.63, 3.8) is 0 Å². The van der Waals surface area contributed by atoms with Crippen molar-refractivity contribution in [2.75, 3.05) is 4.90 Å². The molecule has 63 heavy (non-hydrogen) atoms. The normalized spacial score (nSPS) is 11.8. The molecule has 0 aliphatic carbocycles. The topological polar surface area (TPSA) is 16.4 Å². The van der Waals surface area contributed by atoms with Crippen LogP contribution in [-0.2, 0) is 0 Å². The molecule has 0 bridgehead atoms. The first kappa shape index (κ1) is 35.7. The molecule has 13 rings (SSSR count). The molecule has 0 aliphatic rings. The van der Waals surface area contributed by atoms with Crippen LogP contribution in [0.15, 0.2) is 229 Å². The summed E-state index contributed by atoms with van der Waals surface area (Å²) in [6.07, 6.45) is 0. The average molecular weight is 820 g/mol. The summed E-state index contributed by atoms with van der Waals surface area (Å²) in [6, 6.07) is 82.2. The van der Waals surface area contributed by atoms with Crippen LogP contribution in [0, 0.1) is 0 Å². The molecule has 0 radical (unpaired) electrons. The molecular formula is C60H37NOS. The quantitative estimate of drug-likeness (QED) is 0.176. The van der Waals surface area contributed by atoms with Crippen LogP contribution in [0.5, 0.6) is 0 Å². The van der Waals surface area contributed by atoms with Gasteiger partial charge in [0.15, 0.2) is 0 Å². The van der Waals surface area contributed by atoms with E-state index < -0.39 is 0 Å². The lowest BCUT2D eigenvalue weighted by atomic mass is 9.93. The predicted octanol–water partition coefficient (Wildman–Crippen LogP) is 18.0. The van der Waals surface area contributed by atoms with Gasteiger partial charge in [0.25, 0.3) is 0 Å². The maximum Gasteiger partial charge on any atom is 0.137 e. The van der Waals surface area contributed by atoms with Crippen molar-refractivity contribution in [2.45, 2.75) is 0 Å². The van der Waals surface area contributed by atoms with Crippen LogP contribution in [-0.4, -0.2) is 0 Å². The molecule has 3 heteroatoms. The molecule has 0 fully saturated rings. The minimum atomic E-state index is 0.858. The van der Waals surface area contributed by atoms with Crippen LogP contribution in [0.2, 0.25) is 0 Å². The van der Waals surface area contributed by atoms with Gasteiger partial charge >= 0.3 is 0 Å². The highest BCUT2D eigenvalue weighted by Crippen LogP contribution is 2.46. The number of fused-ring (bicyclic) bond motifs is 16. The number of hydrogen-bond acceptors (Lipinski definition) is 3. The van der Waals surface area contributed by atoms with Crippen molar-refractivity contribution in [1.82, 2.24) is 0 Å². The number of anilines is 3. The molecule has 0 unspecified atom stereocenters. The number of rotatable bonds is 4. The lowest BCUT2D eigenvalue weighted by molar-refractivity contribution is 0.669. The van der Waals surface area contributed by atoms with Crippen LogP contribution >= 0.6 is 11.3 Å². The van der Waals surface area contributed by atoms with E-state index in [4.69, 9.17) is 4.42 Å². The fourth-order valence-corrected chi connectivity index (χ4v) is 11.1. The molecular weight excluding hydrogens is 783 g/mol. The van der Waals surface area contributed by atoms with Gasteiger partial charge in [0, 0.05) is 53.9 Å². The molecule has 11 aromatic carbocycles. The fourth-order valence-electron chi connectivity index (χ4n) is 10.0. The summed E-state index contributed by atoms with van der Waals surface area (Å²) in [5.74, 6) is 0. The summed E-state index contributed by atoms with van der Waals surface area (Å²) in [4.78, 5) is 2.42. The first-order valence-corrected chi connectivity index (χ1v) is 22.3. The molecule has 0 atom stereocenters. The smallest absolute Gasteiger partial charge is 0.137 e. The third kappa shape index (κ3) is 5.71. The van der Waals surface area contributed by atoms with Crippen LogP contribution < -0.4 is 4.90 Å². The Morgan fingerprint density at radius 1 is 0.286 bits per heavy atom. The highest BCUT2D eigenvalue weighted by atomic mass is 32.1. The van der Waals surface area contributed by atoms with Crippen molar-refractivity contribution in [1.29, 1.82) is 0 Å². The monoisotopic (exact) mass is 819 g/mol. The van der Waals surface area contributed by atoms with Gasteiger partial charge in [-0.1, -0.05) is 164 Å². The zero-order chi connectivity index (χ0) is 41.4. The third-order valence-corrected chi connectivity index (χ3v) is 14.0. The molecule has 0 N–H and O–H groups in total. The zero-order valence-electron chi connectivity index (χ0n) is 34.1. The second-order valence-electron chi connectivity index (χ2n) is 16.4. The largest absolute Gasteiger partial charge is 0.456 e. The van der Waals surface area contributed by atoms with Gasteiger partial charge in [0.1, 0.15) is 11.2 Å². The third-order valence-electron chi connectivity index (χ3n) is 12.9. The Morgan fingerprint density at radius 2 is 0.762 bits per heavy atom. The van der Waals surface area contributed by atoms with E-state index in [0.717, 1.165) is 50.1 Å². The Bertz CT molecular complexity index is 4050. The predicted molar refractivity (Wildman–Crippen MR) is 272 cm³/mol. The molecule has 0 aliphatic heterocycles. The van der Waals surface area contributed by atoms with Crippen LogP contribution in [0.25, 0.3) is 107 Å². The maximum absolute atomic E-state index is 6.57. The number of benzene rings is 10. The van der Waals surface area contributed by atoms with Crippen molar-refractivity contribution >= 4 is 124 Å². The molecule has 0 amide bonds. The molecule has 0 saturated carbocycles. The van der Waals surface area contributed by atoms with Gasteiger partial charge < -0.3 is 9.32 Å². The van der Waals surface area contributed by atoms with E-state index in [-0.39, 0.29) is 0 Å². The summed E-state index contributed by atoms with van der Waals surface area (Å²) in [6.45, 7) is 0. The second-order valence-corrected chi connectivity index (χ2v) is 17.4. The van der Waals surface area contributed by atoms with Crippen LogP contribution in [0.1, 0.15) is 0 Å². The van der Waals surface area contributed by atoms with Crippen molar-refractivity contribution in [3.8, 4) is 11.1 Å². The Hall–Kier alpha value is -7.98. The standard InChI is InChI=1S/C60H37NOS/c1-2-16-38(17-3-1)41-18-10-13-27-56(41)61(40-31-33-50-49-25-11-14-28-57(49)62-58(50)35-40)39-30-32-48-46-23-7-6-21-44(46)42-19-4-5-20-43(42)45-22-8-9-24-47(45)54-37-60-55(36-53(54)52(48)34-39)51-26-12-15-29-59(51)63-60/h1-37H. The van der Waals surface area contributed by atoms with Gasteiger partial charge in [0.2, 0.25) is 0 Å². The molecule has 0 saturated heterocycles. The highest BCUT2D eigenvalue weighted by Gasteiger charge is 2.21. The second kappa shape index (κ2) is 14.3. The zero-order valence-corrected chi connectivity index (χ0v) is 34.9.